The van der Waals surface area contributed by atoms with Gasteiger partial charge in [0.1, 0.15) is 5.66 Å². The van der Waals surface area contributed by atoms with E-state index in [0.717, 1.165) is 12.1 Å². The monoisotopic (exact) mass is 380 g/mol. The second kappa shape index (κ2) is 5.54. The van der Waals surface area contributed by atoms with Gasteiger partial charge in [-0.15, -0.1) is 0 Å². The van der Waals surface area contributed by atoms with Crippen LogP contribution in [0.2, 0.25) is 0 Å². The lowest BCUT2D eigenvalue weighted by Crippen LogP contribution is -2.51. The molecule has 2 aromatic carbocycles. The largest absolute Gasteiger partial charge is 0.300 e. The maximum absolute atomic E-state index is 14.0. The van der Waals surface area contributed by atoms with Crippen LogP contribution >= 0.6 is 0 Å². The second-order valence-corrected chi connectivity index (χ2v) is 7.10. The van der Waals surface area contributed by atoms with Gasteiger partial charge in [0.05, 0.1) is 5.69 Å². The van der Waals surface area contributed by atoms with E-state index in [4.69, 9.17) is 0 Å². The van der Waals surface area contributed by atoms with Gasteiger partial charge in [-0.05, 0) is 13.0 Å². The molecule has 0 aliphatic carbocycles. The Balaban J connectivity index is 1.86. The van der Waals surface area contributed by atoms with Crippen molar-refractivity contribution in [2.45, 2.75) is 25.4 Å². The highest BCUT2D eigenvalue weighted by Crippen LogP contribution is 2.48. The van der Waals surface area contributed by atoms with Crippen molar-refractivity contribution in [3.8, 4) is 22.6 Å². The van der Waals surface area contributed by atoms with Crippen LogP contribution < -0.4 is 10.5 Å². The van der Waals surface area contributed by atoms with Crippen LogP contribution in [0.15, 0.2) is 47.3 Å². The third kappa shape index (κ3) is 2.11. The number of carbonyl (C=O) groups is 1. The molecule has 6 nitrogen and oxygen atoms in total. The summed E-state index contributed by atoms with van der Waals surface area (Å²) in [7, 11) is 0. The van der Waals surface area contributed by atoms with E-state index in [1.54, 1.807) is 31.2 Å². The first-order valence-corrected chi connectivity index (χ1v) is 8.80. The van der Waals surface area contributed by atoms with Crippen molar-refractivity contribution in [1.82, 2.24) is 14.8 Å². The summed E-state index contributed by atoms with van der Waals surface area (Å²) in [5.41, 5.74) is -0.453. The average molecular weight is 380 g/mol. The predicted octanol–water partition coefficient (Wildman–Crippen LogP) is 3.06. The standard InChI is InChI=1S/C20H14F2N4O2/c1-20-8-7-16(27)25(20)15-10-14(22)13(21)9-12(15)18-23-19(28)17(24-26(18)20)11-5-3-2-4-6-11/h2-6,9-10H,7-8H2,1H3/t20-/m0/s1. The summed E-state index contributed by atoms with van der Waals surface area (Å²) in [5, 5.41) is 4.51. The molecule has 1 fully saturated rings. The molecule has 140 valence electrons. The number of rotatable bonds is 1. The van der Waals surface area contributed by atoms with Crippen LogP contribution in [-0.4, -0.2) is 20.7 Å². The van der Waals surface area contributed by atoms with Crippen molar-refractivity contribution in [3.05, 3.63) is 64.5 Å². The molecule has 1 amide bonds. The number of anilines is 1. The van der Waals surface area contributed by atoms with Gasteiger partial charge in [0.25, 0.3) is 5.56 Å². The molecule has 2 aliphatic rings. The minimum atomic E-state index is -1.08. The normalized spacial score (nSPS) is 20.0. The lowest BCUT2D eigenvalue weighted by molar-refractivity contribution is -0.117. The van der Waals surface area contributed by atoms with Crippen molar-refractivity contribution in [2.24, 2.45) is 0 Å². The number of amides is 1. The number of hydrogen-bond donors (Lipinski definition) is 0. The van der Waals surface area contributed by atoms with E-state index < -0.39 is 22.9 Å². The van der Waals surface area contributed by atoms with E-state index in [2.05, 4.69) is 10.1 Å². The van der Waals surface area contributed by atoms with E-state index >= 15 is 0 Å². The van der Waals surface area contributed by atoms with Crippen LogP contribution in [0.25, 0.3) is 22.6 Å². The number of carbonyl (C=O) groups excluding carboxylic acids is 1. The fraction of sp³-hybridized carbons (Fsp3) is 0.200. The first-order chi connectivity index (χ1) is 13.4. The maximum Gasteiger partial charge on any atom is 0.300 e. The number of nitrogens with zero attached hydrogens (tertiary/aromatic N) is 4. The second-order valence-electron chi connectivity index (χ2n) is 7.10. The van der Waals surface area contributed by atoms with Crippen LogP contribution in [0.3, 0.4) is 0 Å². The lowest BCUT2D eigenvalue weighted by Gasteiger charge is -2.42. The molecule has 1 saturated heterocycles. The summed E-state index contributed by atoms with van der Waals surface area (Å²) in [6.45, 7) is 1.78. The molecule has 8 heteroatoms. The van der Waals surface area contributed by atoms with Gasteiger partial charge < -0.3 is 0 Å². The molecule has 28 heavy (non-hydrogen) atoms. The number of aromatic nitrogens is 3. The van der Waals surface area contributed by atoms with Gasteiger partial charge in [0, 0.05) is 30.0 Å². The van der Waals surface area contributed by atoms with Gasteiger partial charge in [-0.1, -0.05) is 30.3 Å². The number of halogens is 2. The van der Waals surface area contributed by atoms with E-state index in [-0.39, 0.29) is 35.1 Å². The Morgan fingerprint density at radius 2 is 1.79 bits per heavy atom. The highest BCUT2D eigenvalue weighted by Gasteiger charge is 2.50. The fourth-order valence-electron chi connectivity index (χ4n) is 4.00. The van der Waals surface area contributed by atoms with E-state index in [0.29, 0.717) is 12.0 Å². The molecular weight excluding hydrogens is 366 g/mol. The van der Waals surface area contributed by atoms with Gasteiger partial charge in [-0.25, -0.2) is 13.5 Å². The summed E-state index contributed by atoms with van der Waals surface area (Å²) < 4.78 is 29.4. The smallest absolute Gasteiger partial charge is 0.286 e. The molecule has 3 heterocycles. The molecule has 0 radical (unpaired) electrons. The minimum absolute atomic E-state index is 0.118. The third-order valence-electron chi connectivity index (χ3n) is 5.38. The first kappa shape index (κ1) is 16.7. The summed E-state index contributed by atoms with van der Waals surface area (Å²) >= 11 is 0. The molecule has 1 atom stereocenters. The van der Waals surface area contributed by atoms with Crippen molar-refractivity contribution in [1.29, 1.82) is 0 Å². The van der Waals surface area contributed by atoms with E-state index in [1.165, 1.54) is 9.58 Å². The highest BCUT2D eigenvalue weighted by molar-refractivity contribution is 6.01. The van der Waals surface area contributed by atoms with Gasteiger partial charge in [-0.3, -0.25) is 14.5 Å². The van der Waals surface area contributed by atoms with Crippen LogP contribution in [0.1, 0.15) is 19.8 Å². The van der Waals surface area contributed by atoms with Crippen LogP contribution in [-0.2, 0) is 10.5 Å². The molecule has 0 unspecified atom stereocenters. The van der Waals surface area contributed by atoms with Crippen molar-refractivity contribution in [3.63, 3.8) is 0 Å². The predicted molar refractivity (Wildman–Crippen MR) is 97.4 cm³/mol. The zero-order valence-corrected chi connectivity index (χ0v) is 14.8. The lowest BCUT2D eigenvalue weighted by atomic mass is 10.0. The Kier molecular flexibility index (Phi) is 3.31. The Morgan fingerprint density at radius 3 is 2.54 bits per heavy atom. The van der Waals surface area contributed by atoms with E-state index in [1.807, 2.05) is 6.07 Å². The number of fused-ring (bicyclic) bond motifs is 6. The molecule has 2 aliphatic heterocycles. The summed E-state index contributed by atoms with van der Waals surface area (Å²) in [5.74, 6) is -2.25. The molecular formula is C20H14F2N4O2. The molecule has 0 saturated carbocycles. The van der Waals surface area contributed by atoms with Crippen LogP contribution in [0.5, 0.6) is 0 Å². The van der Waals surface area contributed by atoms with Gasteiger partial charge in [0.15, 0.2) is 23.2 Å². The Labute approximate surface area is 158 Å². The van der Waals surface area contributed by atoms with Crippen LogP contribution in [0, 0.1) is 11.6 Å². The summed E-state index contributed by atoms with van der Waals surface area (Å²) in [6, 6.07) is 10.8. The van der Waals surface area contributed by atoms with Crippen LogP contribution in [0.4, 0.5) is 14.5 Å². The summed E-state index contributed by atoms with van der Waals surface area (Å²) in [4.78, 5) is 30.8. The quantitative estimate of drug-likeness (QED) is 0.651. The first-order valence-electron chi connectivity index (χ1n) is 8.80. The minimum Gasteiger partial charge on any atom is -0.286 e. The van der Waals surface area contributed by atoms with E-state index in [9.17, 15) is 18.4 Å². The highest BCUT2D eigenvalue weighted by atomic mass is 19.2. The zero-order chi connectivity index (χ0) is 19.6. The third-order valence-corrected chi connectivity index (χ3v) is 5.38. The Morgan fingerprint density at radius 1 is 1.07 bits per heavy atom. The molecule has 3 aromatic rings. The topological polar surface area (TPSA) is 68.1 Å². The molecule has 0 bridgehead atoms. The molecule has 1 aromatic heterocycles. The van der Waals surface area contributed by atoms with Gasteiger partial charge in [0.2, 0.25) is 5.91 Å². The van der Waals surface area contributed by atoms with Crippen molar-refractivity contribution < 1.29 is 13.6 Å². The molecule has 5 rings (SSSR count). The number of benzene rings is 2. The Hall–Kier alpha value is -3.42. The summed E-state index contributed by atoms with van der Waals surface area (Å²) in [6.07, 6.45) is 0.631. The Bertz CT molecular complexity index is 1210. The SMILES string of the molecule is C[C@]12CCC(=O)N1c1cc(F)c(F)cc1-c1nc(=O)c(-c3ccccc3)nn12. The zero-order valence-electron chi connectivity index (χ0n) is 14.8. The molecule has 0 spiro atoms. The van der Waals surface area contributed by atoms with Crippen molar-refractivity contribution >= 4 is 11.6 Å². The average Bonchev–Trinajstić information content (AvgIpc) is 2.99. The number of hydrogen-bond acceptors (Lipinski definition) is 4. The fourth-order valence-corrected chi connectivity index (χ4v) is 4.00. The molecule has 0 N–H and O–H groups in total. The van der Waals surface area contributed by atoms with Gasteiger partial charge >= 0.3 is 0 Å². The maximum atomic E-state index is 14.0. The van der Waals surface area contributed by atoms with Gasteiger partial charge in [-0.2, -0.15) is 10.1 Å². The van der Waals surface area contributed by atoms with Crippen molar-refractivity contribution in [2.75, 3.05) is 4.90 Å².